The second-order valence-electron chi connectivity index (χ2n) is 3.20. The van der Waals surface area contributed by atoms with Crippen LogP contribution >= 0.6 is 15.9 Å². The molecule has 0 aromatic rings. The lowest BCUT2D eigenvalue weighted by Gasteiger charge is -2.22. The van der Waals surface area contributed by atoms with Gasteiger partial charge < -0.3 is 10.1 Å². The van der Waals surface area contributed by atoms with Crippen molar-refractivity contribution in [3.05, 3.63) is 11.1 Å². The second kappa shape index (κ2) is 5.73. The molecule has 0 radical (unpaired) electrons. The summed E-state index contributed by atoms with van der Waals surface area (Å²) in [7, 11) is 0. The fraction of sp³-hybridized carbons (Fsp3) is 0.778. The quantitative estimate of drug-likeness (QED) is 0.802. The van der Waals surface area contributed by atoms with Crippen molar-refractivity contribution in [3.63, 3.8) is 0 Å². The van der Waals surface area contributed by atoms with Gasteiger partial charge in [-0.1, -0.05) is 22.5 Å². The van der Waals surface area contributed by atoms with Gasteiger partial charge in [-0.05, 0) is 25.3 Å². The normalized spacial score (nSPS) is 19.4. The van der Waals surface area contributed by atoms with Crippen molar-refractivity contribution in [2.24, 2.45) is 5.92 Å². The van der Waals surface area contributed by atoms with Crippen LogP contribution in [0.4, 0.5) is 0 Å². The summed E-state index contributed by atoms with van der Waals surface area (Å²) < 4.78 is 6.30. The predicted molar refractivity (Wildman–Crippen MR) is 54.5 cm³/mol. The lowest BCUT2D eigenvalue weighted by atomic mass is 10.0. The molecule has 1 fully saturated rings. The van der Waals surface area contributed by atoms with Gasteiger partial charge in [-0.2, -0.15) is 0 Å². The molecule has 0 saturated carbocycles. The van der Waals surface area contributed by atoms with E-state index in [9.17, 15) is 0 Å². The standard InChI is InChI=1S/C9H16BrNO/c1-8(10)6-11-7-9-2-4-12-5-3-9/h9,11H,1-7H2. The van der Waals surface area contributed by atoms with Crippen LogP contribution in [0, 0.1) is 5.92 Å². The van der Waals surface area contributed by atoms with E-state index in [4.69, 9.17) is 4.74 Å². The molecule has 1 aliphatic rings. The Labute approximate surface area is 82.5 Å². The van der Waals surface area contributed by atoms with Crippen LogP contribution in [-0.2, 0) is 4.74 Å². The highest BCUT2D eigenvalue weighted by Crippen LogP contribution is 2.13. The highest BCUT2D eigenvalue weighted by atomic mass is 79.9. The Morgan fingerprint density at radius 1 is 1.50 bits per heavy atom. The minimum Gasteiger partial charge on any atom is -0.381 e. The summed E-state index contributed by atoms with van der Waals surface area (Å²) in [5, 5.41) is 3.35. The SMILES string of the molecule is C=C(Br)CNCC1CCOCC1. The Balaban J connectivity index is 2.01. The zero-order chi connectivity index (χ0) is 8.81. The van der Waals surface area contributed by atoms with Crippen molar-refractivity contribution in [3.8, 4) is 0 Å². The molecule has 0 amide bonds. The molecule has 0 aromatic heterocycles. The van der Waals surface area contributed by atoms with E-state index in [1.165, 1.54) is 12.8 Å². The summed E-state index contributed by atoms with van der Waals surface area (Å²) in [6.07, 6.45) is 2.39. The van der Waals surface area contributed by atoms with Crippen molar-refractivity contribution >= 4 is 15.9 Å². The van der Waals surface area contributed by atoms with Crippen molar-refractivity contribution in [2.75, 3.05) is 26.3 Å². The summed E-state index contributed by atoms with van der Waals surface area (Å²) in [6, 6.07) is 0. The molecule has 1 saturated heterocycles. The summed E-state index contributed by atoms with van der Waals surface area (Å²) in [5.74, 6) is 0.797. The number of rotatable bonds is 4. The first kappa shape index (κ1) is 10.2. The first-order valence-electron chi connectivity index (χ1n) is 4.41. The van der Waals surface area contributed by atoms with Crippen LogP contribution in [-0.4, -0.2) is 26.3 Å². The van der Waals surface area contributed by atoms with E-state index < -0.39 is 0 Å². The molecule has 1 aliphatic heterocycles. The third-order valence-electron chi connectivity index (χ3n) is 2.09. The van der Waals surface area contributed by atoms with Crippen LogP contribution in [0.3, 0.4) is 0 Å². The maximum Gasteiger partial charge on any atom is 0.0469 e. The summed E-state index contributed by atoms with van der Waals surface area (Å²) >= 11 is 3.32. The van der Waals surface area contributed by atoms with Crippen LogP contribution in [0.1, 0.15) is 12.8 Å². The smallest absolute Gasteiger partial charge is 0.0469 e. The molecule has 0 aliphatic carbocycles. The van der Waals surface area contributed by atoms with Crippen LogP contribution in [0.25, 0.3) is 0 Å². The molecule has 0 aromatic carbocycles. The van der Waals surface area contributed by atoms with E-state index >= 15 is 0 Å². The number of ether oxygens (including phenoxy) is 1. The summed E-state index contributed by atoms with van der Waals surface area (Å²) in [5.41, 5.74) is 0. The molecule has 0 bridgehead atoms. The van der Waals surface area contributed by atoms with Gasteiger partial charge >= 0.3 is 0 Å². The van der Waals surface area contributed by atoms with Gasteiger partial charge in [0.05, 0.1) is 0 Å². The second-order valence-corrected chi connectivity index (χ2v) is 4.33. The maximum atomic E-state index is 5.27. The molecular weight excluding hydrogens is 218 g/mol. The third-order valence-corrected chi connectivity index (χ3v) is 2.37. The van der Waals surface area contributed by atoms with E-state index in [1.54, 1.807) is 0 Å². The van der Waals surface area contributed by atoms with Gasteiger partial charge in [0.25, 0.3) is 0 Å². The first-order valence-corrected chi connectivity index (χ1v) is 5.20. The molecule has 0 atom stereocenters. The topological polar surface area (TPSA) is 21.3 Å². The highest BCUT2D eigenvalue weighted by molar-refractivity contribution is 9.11. The van der Waals surface area contributed by atoms with Crippen molar-refractivity contribution in [1.82, 2.24) is 5.32 Å². The van der Waals surface area contributed by atoms with Crippen LogP contribution in [0.15, 0.2) is 11.1 Å². The Kier molecular flexibility index (Phi) is 4.88. The maximum absolute atomic E-state index is 5.27. The lowest BCUT2D eigenvalue weighted by Crippen LogP contribution is -2.28. The molecule has 1 rings (SSSR count). The highest BCUT2D eigenvalue weighted by Gasteiger charge is 2.12. The van der Waals surface area contributed by atoms with Crippen molar-refractivity contribution in [1.29, 1.82) is 0 Å². The van der Waals surface area contributed by atoms with Gasteiger partial charge in [0, 0.05) is 24.2 Å². The Bertz CT molecular complexity index is 143. The van der Waals surface area contributed by atoms with E-state index in [0.717, 1.165) is 36.7 Å². The van der Waals surface area contributed by atoms with E-state index in [1.807, 2.05) is 0 Å². The minimum atomic E-state index is 0.797. The molecule has 0 unspecified atom stereocenters. The summed E-state index contributed by atoms with van der Waals surface area (Å²) in [4.78, 5) is 0. The average molecular weight is 234 g/mol. The van der Waals surface area contributed by atoms with Gasteiger partial charge in [0.1, 0.15) is 0 Å². The van der Waals surface area contributed by atoms with Crippen LogP contribution in [0.5, 0.6) is 0 Å². The predicted octanol–water partition coefficient (Wildman–Crippen LogP) is 1.91. The van der Waals surface area contributed by atoms with Gasteiger partial charge in [0.2, 0.25) is 0 Å². The Morgan fingerprint density at radius 3 is 2.75 bits per heavy atom. The Morgan fingerprint density at radius 2 is 2.17 bits per heavy atom. The zero-order valence-electron chi connectivity index (χ0n) is 7.31. The fourth-order valence-electron chi connectivity index (χ4n) is 1.36. The molecule has 3 heteroatoms. The van der Waals surface area contributed by atoms with E-state index in [2.05, 4.69) is 27.8 Å². The van der Waals surface area contributed by atoms with Gasteiger partial charge in [-0.25, -0.2) is 0 Å². The number of hydrogen-bond acceptors (Lipinski definition) is 2. The monoisotopic (exact) mass is 233 g/mol. The fourth-order valence-corrected chi connectivity index (χ4v) is 1.56. The number of nitrogens with one attached hydrogen (secondary N) is 1. The van der Waals surface area contributed by atoms with Crippen LogP contribution in [0.2, 0.25) is 0 Å². The van der Waals surface area contributed by atoms with Gasteiger partial charge in [-0.3, -0.25) is 0 Å². The van der Waals surface area contributed by atoms with Crippen molar-refractivity contribution < 1.29 is 4.74 Å². The molecule has 1 heterocycles. The van der Waals surface area contributed by atoms with Gasteiger partial charge in [0.15, 0.2) is 0 Å². The average Bonchev–Trinajstić information content (AvgIpc) is 2.05. The molecule has 1 N–H and O–H groups in total. The molecule has 12 heavy (non-hydrogen) atoms. The molecule has 2 nitrogen and oxygen atoms in total. The first-order chi connectivity index (χ1) is 5.79. The van der Waals surface area contributed by atoms with Crippen LogP contribution < -0.4 is 5.32 Å². The summed E-state index contributed by atoms with van der Waals surface area (Å²) in [6.45, 7) is 7.60. The van der Waals surface area contributed by atoms with Gasteiger partial charge in [-0.15, -0.1) is 0 Å². The Hall–Kier alpha value is 0.140. The molecular formula is C9H16BrNO. The largest absolute Gasteiger partial charge is 0.381 e. The van der Waals surface area contributed by atoms with Crippen molar-refractivity contribution in [2.45, 2.75) is 12.8 Å². The molecule has 70 valence electrons. The third kappa shape index (κ3) is 4.24. The molecule has 0 spiro atoms. The minimum absolute atomic E-state index is 0.797. The van der Waals surface area contributed by atoms with E-state index in [-0.39, 0.29) is 0 Å². The zero-order valence-corrected chi connectivity index (χ0v) is 8.90. The number of hydrogen-bond donors (Lipinski definition) is 1. The van der Waals surface area contributed by atoms with E-state index in [0.29, 0.717) is 0 Å². The lowest BCUT2D eigenvalue weighted by molar-refractivity contribution is 0.0666. The number of halogens is 1.